The zero-order chi connectivity index (χ0) is 53.0. The highest BCUT2D eigenvalue weighted by Crippen LogP contribution is 2.44. The van der Waals surface area contributed by atoms with E-state index in [-0.39, 0.29) is 83.3 Å². The Bertz CT molecular complexity index is 3390. The number of aromatic nitrogens is 5. The molecule has 6 aromatic rings. The monoisotopic (exact) mass is 1050 g/mol. The summed E-state index contributed by atoms with van der Waals surface area (Å²) in [6.07, 6.45) is 18.5. The summed E-state index contributed by atoms with van der Waals surface area (Å²) >= 11 is 0. The van der Waals surface area contributed by atoms with E-state index in [0.29, 0.717) is 78.9 Å². The van der Waals surface area contributed by atoms with Gasteiger partial charge in [0, 0.05) is 81.5 Å². The number of pyridine rings is 1. The van der Waals surface area contributed by atoms with E-state index in [1.54, 1.807) is 40.9 Å². The second kappa shape index (κ2) is 21.1. The lowest BCUT2D eigenvalue weighted by molar-refractivity contribution is -0.135. The van der Waals surface area contributed by atoms with E-state index in [2.05, 4.69) is 31.3 Å². The van der Waals surface area contributed by atoms with Gasteiger partial charge in [0.15, 0.2) is 5.82 Å². The molecule has 6 aliphatic rings. The Kier molecular flexibility index (Phi) is 13.9. The molecule has 3 unspecified atom stereocenters. The van der Waals surface area contributed by atoms with E-state index in [9.17, 15) is 19.2 Å². The van der Waals surface area contributed by atoms with Gasteiger partial charge in [0.1, 0.15) is 42.1 Å². The fourth-order valence-electron chi connectivity index (χ4n) is 13.3. The third kappa shape index (κ3) is 9.66. The molecule has 17 nitrogen and oxygen atoms in total. The van der Waals surface area contributed by atoms with E-state index in [0.717, 1.165) is 94.7 Å². The highest BCUT2D eigenvalue weighted by molar-refractivity contribution is 6.02. The van der Waals surface area contributed by atoms with Crippen LogP contribution in [0.25, 0.3) is 44.0 Å². The molecule has 3 aromatic carbocycles. The zero-order valence-electron chi connectivity index (χ0n) is 43.4. The SMILES string of the molecule is C#Cc1c(F)ccc2cccc(-c3ncc4c(N5CC6CCC(C5)N6)nc(OC[C@@]56CCCN5[C@H](COC(=O)N5CCC(OCCCCCc7ccc8c(c7)n(C)c(=O)n8C7CCC(=O)NC7=O)CC5)CC6)nc4c3F)c12. The van der Waals surface area contributed by atoms with Gasteiger partial charge in [0.05, 0.1) is 33.6 Å². The van der Waals surface area contributed by atoms with Crippen molar-refractivity contribution in [3.63, 3.8) is 0 Å². The molecule has 77 heavy (non-hydrogen) atoms. The molecule has 3 amide bonds. The smallest absolute Gasteiger partial charge is 0.409 e. The van der Waals surface area contributed by atoms with Crippen molar-refractivity contribution in [3.8, 4) is 29.6 Å². The molecule has 19 heteroatoms. The van der Waals surface area contributed by atoms with Crippen LogP contribution in [-0.2, 0) is 32.5 Å². The third-order valence-electron chi connectivity index (χ3n) is 17.3. The molecule has 0 radical (unpaired) electrons. The number of aryl methyl sites for hydroxylation is 2. The third-order valence-corrected chi connectivity index (χ3v) is 17.3. The molecule has 0 aliphatic carbocycles. The van der Waals surface area contributed by atoms with Crippen LogP contribution in [0.15, 0.2) is 59.5 Å². The molecule has 6 aliphatic heterocycles. The number of amides is 3. The highest BCUT2D eigenvalue weighted by atomic mass is 19.1. The summed E-state index contributed by atoms with van der Waals surface area (Å²) in [5.74, 6) is 1.05. The average molecular weight is 1050 g/mol. The van der Waals surface area contributed by atoms with Crippen molar-refractivity contribution in [1.29, 1.82) is 0 Å². The highest BCUT2D eigenvalue weighted by Gasteiger charge is 2.50. The number of benzene rings is 3. The number of hydrogen-bond donors (Lipinski definition) is 2. The summed E-state index contributed by atoms with van der Waals surface area (Å²) in [4.78, 5) is 71.7. The minimum absolute atomic E-state index is 0.0136. The Morgan fingerprint density at radius 1 is 0.922 bits per heavy atom. The lowest BCUT2D eigenvalue weighted by Gasteiger charge is -2.35. The number of likely N-dealkylation sites (tertiary alicyclic amines) is 1. The van der Waals surface area contributed by atoms with Crippen LogP contribution in [0.1, 0.15) is 101 Å². The minimum atomic E-state index is -0.705. The number of imidazole rings is 1. The van der Waals surface area contributed by atoms with Gasteiger partial charge in [-0.2, -0.15) is 9.97 Å². The van der Waals surface area contributed by atoms with Crippen LogP contribution in [0.5, 0.6) is 6.01 Å². The fraction of sp³-hybridized carbons (Fsp3) is 0.500. The number of rotatable bonds is 15. The van der Waals surface area contributed by atoms with Crippen molar-refractivity contribution in [2.45, 2.75) is 126 Å². The molecule has 5 atom stereocenters. The number of imide groups is 1. The Hall–Kier alpha value is -7.01. The van der Waals surface area contributed by atoms with Gasteiger partial charge in [-0.3, -0.25) is 33.9 Å². The first-order valence-corrected chi connectivity index (χ1v) is 27.5. The predicted molar refractivity (Wildman–Crippen MR) is 286 cm³/mol. The molecule has 12 rings (SSSR count). The summed E-state index contributed by atoms with van der Waals surface area (Å²) in [7, 11) is 1.71. The molecule has 6 fully saturated rings. The molecule has 0 spiro atoms. The lowest BCUT2D eigenvalue weighted by atomic mass is 9.95. The number of hydrogen-bond acceptors (Lipinski definition) is 13. The molecule has 3 aromatic heterocycles. The predicted octanol–water partition coefficient (Wildman–Crippen LogP) is 7.08. The number of carbonyl (C=O) groups excluding carboxylic acids is 3. The summed E-state index contributed by atoms with van der Waals surface area (Å²) in [5, 5.41) is 7.58. The van der Waals surface area contributed by atoms with Crippen molar-refractivity contribution in [3.05, 3.63) is 88.0 Å². The number of terminal acetylenes is 1. The number of carbonyl (C=O) groups is 3. The first-order chi connectivity index (χ1) is 37.4. The first-order valence-electron chi connectivity index (χ1n) is 27.5. The summed E-state index contributed by atoms with van der Waals surface area (Å²) in [5.41, 5.74) is 2.48. The molecule has 0 saturated carbocycles. The van der Waals surface area contributed by atoms with Crippen LogP contribution in [0, 0.1) is 24.0 Å². The van der Waals surface area contributed by atoms with Gasteiger partial charge in [-0.25, -0.2) is 18.4 Å². The van der Waals surface area contributed by atoms with Gasteiger partial charge < -0.3 is 29.3 Å². The molecule has 402 valence electrons. The van der Waals surface area contributed by atoms with Gasteiger partial charge in [-0.1, -0.05) is 42.7 Å². The van der Waals surface area contributed by atoms with Crippen molar-refractivity contribution in [2.24, 2.45) is 7.05 Å². The van der Waals surface area contributed by atoms with Crippen molar-refractivity contribution in [1.82, 2.24) is 44.5 Å². The van der Waals surface area contributed by atoms with Crippen LogP contribution in [0.4, 0.5) is 19.4 Å². The number of halogens is 2. The fourth-order valence-corrected chi connectivity index (χ4v) is 13.3. The number of fused-ring (bicyclic) bond motifs is 6. The molecule has 2 bridgehead atoms. The molecule has 6 saturated heterocycles. The summed E-state index contributed by atoms with van der Waals surface area (Å²) in [6.45, 7) is 4.60. The molecular weight excluding hydrogens is 987 g/mol. The first kappa shape index (κ1) is 50.8. The van der Waals surface area contributed by atoms with Gasteiger partial charge in [0.25, 0.3) is 0 Å². The average Bonchev–Trinajstić information content (AvgIpc) is 4.29. The van der Waals surface area contributed by atoms with Crippen LogP contribution in [-0.4, -0.2) is 134 Å². The molecular formula is C58H64F2N10O7. The molecule has 2 N–H and O–H groups in total. The molecule has 9 heterocycles. The van der Waals surface area contributed by atoms with E-state index < -0.39 is 23.6 Å². The number of piperidine rings is 2. The lowest BCUT2D eigenvalue weighted by Crippen LogP contribution is -2.51. The van der Waals surface area contributed by atoms with E-state index in [4.69, 9.17) is 30.6 Å². The Balaban J connectivity index is 0.633. The maximum Gasteiger partial charge on any atom is 0.409 e. The van der Waals surface area contributed by atoms with Crippen LogP contribution in [0.2, 0.25) is 0 Å². The van der Waals surface area contributed by atoms with Crippen LogP contribution < -0.4 is 26.0 Å². The summed E-state index contributed by atoms with van der Waals surface area (Å²) in [6, 6.07) is 14.1. The van der Waals surface area contributed by atoms with Crippen molar-refractivity contribution >= 4 is 56.4 Å². The van der Waals surface area contributed by atoms with Gasteiger partial charge >= 0.3 is 17.8 Å². The minimum Gasteiger partial charge on any atom is -0.461 e. The van der Waals surface area contributed by atoms with Crippen LogP contribution in [0.3, 0.4) is 0 Å². The maximum absolute atomic E-state index is 17.2. The van der Waals surface area contributed by atoms with E-state index in [1.165, 1.54) is 10.6 Å². The van der Waals surface area contributed by atoms with Crippen LogP contribution >= 0.6 is 0 Å². The maximum atomic E-state index is 17.2. The topological polar surface area (TPSA) is 178 Å². The Morgan fingerprint density at radius 2 is 1.75 bits per heavy atom. The number of nitrogens with zero attached hydrogens (tertiary/aromatic N) is 8. The van der Waals surface area contributed by atoms with Crippen molar-refractivity contribution in [2.75, 3.05) is 57.4 Å². The second-order valence-electron chi connectivity index (χ2n) is 22.0. The normalized spacial score (nSPS) is 23.8. The van der Waals surface area contributed by atoms with Crippen molar-refractivity contribution < 1.29 is 37.4 Å². The zero-order valence-corrected chi connectivity index (χ0v) is 43.4. The second-order valence-corrected chi connectivity index (χ2v) is 22.0. The quantitative estimate of drug-likeness (QED) is 0.0607. The van der Waals surface area contributed by atoms with Gasteiger partial charge in [-0.15, -0.1) is 6.42 Å². The Labute approximate surface area is 444 Å². The number of piperazine rings is 1. The number of ether oxygens (including phenoxy) is 3. The number of anilines is 1. The van der Waals surface area contributed by atoms with Gasteiger partial charge in [-0.05, 0) is 113 Å². The van der Waals surface area contributed by atoms with Gasteiger partial charge in [0.2, 0.25) is 11.8 Å². The Morgan fingerprint density at radius 3 is 2.56 bits per heavy atom. The van der Waals surface area contributed by atoms with E-state index in [1.807, 2.05) is 24.3 Å². The standard InChI is InChI=1S/C58H64F2N10O7/c1-3-41-44(59)16-13-36-10-7-11-42(49(36)41)51-50(60)52-43(30-61-51)53(68-31-37-14-15-38(32-68)62-37)65-55(64-52)77-34-58-23-8-25-69(58)39(20-24-58)33-76-57(74)67-26-21-40(22-27-67)75-28-6-4-5-9-35-12-17-45-47(29-35)66(2)56(73)70(45)46-18-19-48(71)63-54(46)72/h1,7,10-13,16-17,29-30,37-40,46,62H,4-6,8-9,14-15,18-28,31-34H2,2H3,(H,63,71,72)/t37?,38?,39-,46?,58-/m0/s1. The van der Waals surface area contributed by atoms with E-state index >= 15 is 8.78 Å². The largest absolute Gasteiger partial charge is 0.461 e. The number of unbranched alkanes of at least 4 members (excludes halogenated alkanes) is 2. The summed E-state index contributed by atoms with van der Waals surface area (Å²) < 4.78 is 54.2. The number of nitrogens with one attached hydrogen (secondary N) is 2.